The minimum absolute atomic E-state index is 0.0188. The normalized spacial score (nSPS) is 14.6. The van der Waals surface area contributed by atoms with Crippen molar-refractivity contribution >= 4 is 29.0 Å². The zero-order chi connectivity index (χ0) is 17.6. The van der Waals surface area contributed by atoms with Crippen LogP contribution in [0.5, 0.6) is 0 Å². The predicted molar refractivity (Wildman–Crippen MR) is 94.6 cm³/mol. The molecule has 1 aromatic heterocycles. The fraction of sp³-hybridized carbons (Fsp3) is 0.235. The highest BCUT2D eigenvalue weighted by molar-refractivity contribution is 6.02. The Balaban J connectivity index is 1.74. The molecule has 0 radical (unpaired) electrons. The quantitative estimate of drug-likeness (QED) is 0.491. The topological polar surface area (TPSA) is 101 Å². The number of benzene rings is 1. The maximum atomic E-state index is 11.9. The number of nitro groups is 1. The maximum Gasteiger partial charge on any atom is 0.294 e. The van der Waals surface area contributed by atoms with Crippen LogP contribution in [0.3, 0.4) is 0 Å². The number of rotatable bonds is 5. The monoisotopic (exact) mass is 342 g/mol. The van der Waals surface area contributed by atoms with Gasteiger partial charge < -0.3 is 20.0 Å². The second-order valence-electron chi connectivity index (χ2n) is 5.54. The molecule has 2 heterocycles. The van der Waals surface area contributed by atoms with Crippen LogP contribution in [-0.2, 0) is 4.79 Å². The maximum absolute atomic E-state index is 11.9. The molecular weight excluding hydrogens is 324 g/mol. The first-order valence-electron chi connectivity index (χ1n) is 7.90. The lowest BCUT2D eigenvalue weighted by Gasteiger charge is -2.29. The van der Waals surface area contributed by atoms with E-state index in [0.717, 1.165) is 13.1 Å². The zero-order valence-corrected chi connectivity index (χ0v) is 13.5. The molecule has 0 saturated carbocycles. The van der Waals surface area contributed by atoms with Crippen LogP contribution in [-0.4, -0.2) is 37.0 Å². The van der Waals surface area contributed by atoms with E-state index in [9.17, 15) is 14.9 Å². The van der Waals surface area contributed by atoms with E-state index in [4.69, 9.17) is 4.42 Å². The molecule has 1 aromatic carbocycles. The first kappa shape index (κ1) is 16.7. The number of furan rings is 1. The molecule has 1 fully saturated rings. The van der Waals surface area contributed by atoms with Crippen molar-refractivity contribution in [1.82, 2.24) is 5.32 Å². The number of hydrogen-bond acceptors (Lipinski definition) is 6. The average molecular weight is 342 g/mol. The van der Waals surface area contributed by atoms with Gasteiger partial charge in [-0.15, -0.1) is 0 Å². The van der Waals surface area contributed by atoms with E-state index >= 15 is 0 Å². The Morgan fingerprint density at radius 2 is 2.12 bits per heavy atom. The minimum Gasteiger partial charge on any atom is -0.465 e. The molecule has 1 saturated heterocycles. The molecule has 0 aliphatic carbocycles. The summed E-state index contributed by atoms with van der Waals surface area (Å²) in [7, 11) is 0. The van der Waals surface area contributed by atoms with E-state index in [1.54, 1.807) is 24.3 Å². The highest BCUT2D eigenvalue weighted by atomic mass is 16.6. The fourth-order valence-corrected chi connectivity index (χ4v) is 2.65. The van der Waals surface area contributed by atoms with Gasteiger partial charge in [0.05, 0.1) is 11.2 Å². The lowest BCUT2D eigenvalue weighted by molar-refractivity contribution is -0.384. The Morgan fingerprint density at radius 1 is 1.32 bits per heavy atom. The average Bonchev–Trinajstić information content (AvgIpc) is 3.14. The minimum atomic E-state index is -0.425. The molecule has 3 rings (SSSR count). The van der Waals surface area contributed by atoms with E-state index in [1.807, 2.05) is 4.90 Å². The van der Waals surface area contributed by atoms with Gasteiger partial charge in [-0.3, -0.25) is 14.9 Å². The Hall–Kier alpha value is -3.13. The molecule has 1 aliphatic rings. The second kappa shape index (κ2) is 7.63. The SMILES string of the molecule is O=C(/C=C/c1ccco1)Nc1ccc(N2CCNCC2)c([N+](=O)[O-])c1. The highest BCUT2D eigenvalue weighted by Crippen LogP contribution is 2.31. The summed E-state index contributed by atoms with van der Waals surface area (Å²) in [6, 6.07) is 8.17. The van der Waals surface area contributed by atoms with Crippen LogP contribution < -0.4 is 15.5 Å². The lowest BCUT2D eigenvalue weighted by Crippen LogP contribution is -2.43. The van der Waals surface area contributed by atoms with Gasteiger partial charge in [0.1, 0.15) is 11.4 Å². The van der Waals surface area contributed by atoms with Crippen molar-refractivity contribution in [2.75, 3.05) is 36.4 Å². The summed E-state index contributed by atoms with van der Waals surface area (Å²) in [5.41, 5.74) is 0.921. The molecule has 0 unspecified atom stereocenters. The predicted octanol–water partition coefficient (Wildman–Crippen LogP) is 2.25. The number of piperazine rings is 1. The number of nitrogens with one attached hydrogen (secondary N) is 2. The number of carbonyl (C=O) groups is 1. The molecule has 0 atom stereocenters. The van der Waals surface area contributed by atoms with Crippen LogP contribution in [0.2, 0.25) is 0 Å². The molecule has 8 heteroatoms. The van der Waals surface area contributed by atoms with Crippen molar-refractivity contribution in [1.29, 1.82) is 0 Å². The van der Waals surface area contributed by atoms with Crippen molar-refractivity contribution in [2.45, 2.75) is 0 Å². The van der Waals surface area contributed by atoms with Gasteiger partial charge in [0.15, 0.2) is 0 Å². The molecule has 130 valence electrons. The smallest absolute Gasteiger partial charge is 0.294 e. The van der Waals surface area contributed by atoms with Gasteiger partial charge in [0.25, 0.3) is 5.69 Å². The molecular formula is C17H18N4O4. The van der Waals surface area contributed by atoms with Crippen molar-refractivity contribution < 1.29 is 14.1 Å². The van der Waals surface area contributed by atoms with Crippen molar-refractivity contribution in [2.24, 2.45) is 0 Å². The van der Waals surface area contributed by atoms with Gasteiger partial charge in [0, 0.05) is 44.0 Å². The third kappa shape index (κ3) is 4.24. The van der Waals surface area contributed by atoms with Crippen LogP contribution in [0.25, 0.3) is 6.08 Å². The van der Waals surface area contributed by atoms with Crippen LogP contribution >= 0.6 is 0 Å². The van der Waals surface area contributed by atoms with Crippen molar-refractivity contribution in [3.8, 4) is 0 Å². The number of anilines is 2. The van der Waals surface area contributed by atoms with Gasteiger partial charge in [-0.25, -0.2) is 0 Å². The summed E-state index contributed by atoms with van der Waals surface area (Å²) >= 11 is 0. The van der Waals surface area contributed by atoms with E-state index in [-0.39, 0.29) is 11.6 Å². The van der Waals surface area contributed by atoms with Crippen LogP contribution in [0.15, 0.2) is 47.1 Å². The molecule has 0 spiro atoms. The summed E-state index contributed by atoms with van der Waals surface area (Å²) in [4.78, 5) is 24.9. The van der Waals surface area contributed by atoms with Crippen LogP contribution in [0.4, 0.5) is 17.1 Å². The van der Waals surface area contributed by atoms with Crippen LogP contribution in [0, 0.1) is 10.1 Å². The van der Waals surface area contributed by atoms with Crippen LogP contribution in [0.1, 0.15) is 5.76 Å². The number of hydrogen-bond donors (Lipinski definition) is 2. The molecule has 0 bridgehead atoms. The molecule has 1 amide bonds. The van der Waals surface area contributed by atoms with E-state index in [2.05, 4.69) is 10.6 Å². The van der Waals surface area contributed by atoms with E-state index in [1.165, 1.54) is 24.5 Å². The summed E-state index contributed by atoms with van der Waals surface area (Å²) < 4.78 is 5.10. The van der Waals surface area contributed by atoms with Crippen molar-refractivity contribution in [3.63, 3.8) is 0 Å². The summed E-state index contributed by atoms with van der Waals surface area (Å²) in [5, 5.41) is 17.2. The van der Waals surface area contributed by atoms with Gasteiger partial charge >= 0.3 is 0 Å². The molecule has 2 N–H and O–H groups in total. The number of nitrogens with zero attached hydrogens (tertiary/aromatic N) is 2. The molecule has 2 aromatic rings. The Bertz CT molecular complexity index is 780. The molecule has 25 heavy (non-hydrogen) atoms. The number of carbonyl (C=O) groups excluding carboxylic acids is 1. The molecule has 8 nitrogen and oxygen atoms in total. The Labute approximate surface area is 144 Å². The number of amides is 1. The first-order valence-corrected chi connectivity index (χ1v) is 7.90. The standard InChI is InChI=1S/C17H18N4O4/c22-17(6-4-14-2-1-11-25-14)19-13-3-5-15(16(12-13)21(23)24)20-9-7-18-8-10-20/h1-6,11-12,18H,7-10H2,(H,19,22)/b6-4+. The molecule has 1 aliphatic heterocycles. The second-order valence-corrected chi connectivity index (χ2v) is 5.54. The van der Waals surface area contributed by atoms with E-state index < -0.39 is 4.92 Å². The Kier molecular flexibility index (Phi) is 5.10. The third-order valence-corrected chi connectivity index (χ3v) is 3.84. The summed E-state index contributed by atoms with van der Waals surface area (Å²) in [6.07, 6.45) is 4.35. The van der Waals surface area contributed by atoms with Gasteiger partial charge in [-0.2, -0.15) is 0 Å². The first-order chi connectivity index (χ1) is 12.1. The zero-order valence-electron chi connectivity index (χ0n) is 13.5. The van der Waals surface area contributed by atoms with Crippen molar-refractivity contribution in [3.05, 3.63) is 58.5 Å². The highest BCUT2D eigenvalue weighted by Gasteiger charge is 2.21. The largest absolute Gasteiger partial charge is 0.465 e. The van der Waals surface area contributed by atoms with E-state index in [0.29, 0.717) is 30.2 Å². The van der Waals surface area contributed by atoms with Gasteiger partial charge in [-0.05, 0) is 30.3 Å². The summed E-state index contributed by atoms with van der Waals surface area (Å²) in [6.45, 7) is 2.98. The fourth-order valence-electron chi connectivity index (χ4n) is 2.65. The number of nitro benzene ring substituents is 1. The summed E-state index contributed by atoms with van der Waals surface area (Å²) in [5.74, 6) is 0.163. The van der Waals surface area contributed by atoms with Gasteiger partial charge in [0.2, 0.25) is 5.91 Å². The van der Waals surface area contributed by atoms with Gasteiger partial charge in [-0.1, -0.05) is 0 Å². The Morgan fingerprint density at radius 3 is 2.80 bits per heavy atom. The lowest BCUT2D eigenvalue weighted by atomic mass is 10.2. The third-order valence-electron chi connectivity index (χ3n) is 3.84.